The van der Waals surface area contributed by atoms with Gasteiger partial charge in [0, 0.05) is 30.0 Å². The minimum Gasteiger partial charge on any atom is -0.408 e. The Morgan fingerprint density at radius 2 is 2.13 bits per heavy atom. The first kappa shape index (κ1) is 19.1. The maximum Gasteiger partial charge on any atom is 0.417 e. The molecule has 158 valence electrons. The second-order valence-electron chi connectivity index (χ2n) is 8.46. The van der Waals surface area contributed by atoms with E-state index >= 15 is 0 Å². The Labute approximate surface area is 175 Å². The molecule has 0 radical (unpaired) electrons. The van der Waals surface area contributed by atoms with E-state index in [1.165, 1.54) is 45.2 Å². The first-order chi connectivity index (χ1) is 14.7. The molecule has 0 bridgehead atoms. The Kier molecular flexibility index (Phi) is 5.16. The Balaban J connectivity index is 1.28. The molecule has 8 nitrogen and oxygen atoms in total. The van der Waals surface area contributed by atoms with Gasteiger partial charge in [0.2, 0.25) is 5.95 Å². The molecule has 2 aromatic heterocycles. The van der Waals surface area contributed by atoms with Crippen molar-refractivity contribution in [3.8, 4) is 0 Å². The van der Waals surface area contributed by atoms with Gasteiger partial charge in [-0.15, -0.1) is 0 Å². The molecule has 5 rings (SSSR count). The van der Waals surface area contributed by atoms with E-state index in [1.807, 2.05) is 25.3 Å². The molecule has 3 N–H and O–H groups in total. The Morgan fingerprint density at radius 3 is 3.07 bits per heavy atom. The van der Waals surface area contributed by atoms with E-state index in [-0.39, 0.29) is 0 Å². The lowest BCUT2D eigenvalue weighted by Crippen LogP contribution is -2.49. The topological polar surface area (TPSA) is 99.1 Å². The number of oxazole rings is 1. The van der Waals surface area contributed by atoms with Crippen LogP contribution in [0.3, 0.4) is 0 Å². The van der Waals surface area contributed by atoms with E-state index in [4.69, 9.17) is 9.40 Å². The number of H-pyrrole nitrogens is 1. The van der Waals surface area contributed by atoms with Crippen LogP contribution in [0.2, 0.25) is 0 Å². The molecule has 0 spiro atoms. The number of hydrogen-bond donors (Lipinski definition) is 3. The molecule has 2 atom stereocenters. The third-order valence-electron chi connectivity index (χ3n) is 6.41. The van der Waals surface area contributed by atoms with E-state index in [0.29, 0.717) is 29.0 Å². The van der Waals surface area contributed by atoms with Crippen molar-refractivity contribution in [3.63, 3.8) is 0 Å². The summed E-state index contributed by atoms with van der Waals surface area (Å²) in [6, 6.07) is 6.12. The van der Waals surface area contributed by atoms with Gasteiger partial charge < -0.3 is 20.0 Å². The van der Waals surface area contributed by atoms with E-state index in [2.05, 4.69) is 25.5 Å². The summed E-state index contributed by atoms with van der Waals surface area (Å²) in [6.07, 6.45) is 8.42. The van der Waals surface area contributed by atoms with Crippen LogP contribution in [-0.4, -0.2) is 45.5 Å². The number of aryl methyl sites for hydroxylation is 1. The summed E-state index contributed by atoms with van der Waals surface area (Å²) in [5, 5.41) is 6.82. The standard InChI is InChI=1S/C22H28N6O2/c1-14-12-24-21(25-16-7-8-19-17(11-16)26-22(29)30-19)27-20(14)23-13-15-5-4-10-28-9-3-2-6-18(15)28/h7-8,11-12,15,18H,2-6,9-10,13H2,1H3,(H,26,29)(H2,23,24,25,27)/t15-,18+/m0/s1. The summed E-state index contributed by atoms with van der Waals surface area (Å²) in [4.78, 5) is 25.8. The van der Waals surface area contributed by atoms with Gasteiger partial charge in [-0.3, -0.25) is 4.98 Å². The number of nitrogens with zero attached hydrogens (tertiary/aromatic N) is 3. The predicted molar refractivity (Wildman–Crippen MR) is 117 cm³/mol. The largest absolute Gasteiger partial charge is 0.417 e. The number of aromatic nitrogens is 3. The van der Waals surface area contributed by atoms with Crippen molar-refractivity contribution in [3.05, 3.63) is 40.5 Å². The van der Waals surface area contributed by atoms with Crippen LogP contribution < -0.4 is 16.4 Å². The highest BCUT2D eigenvalue weighted by Crippen LogP contribution is 2.31. The van der Waals surface area contributed by atoms with Crippen molar-refractivity contribution >= 4 is 28.6 Å². The molecule has 2 aliphatic rings. The lowest BCUT2D eigenvalue weighted by atomic mass is 9.83. The highest BCUT2D eigenvalue weighted by atomic mass is 16.4. The van der Waals surface area contributed by atoms with Crippen LogP contribution in [0, 0.1) is 12.8 Å². The molecule has 2 fully saturated rings. The fraction of sp³-hybridized carbons (Fsp3) is 0.500. The zero-order chi connectivity index (χ0) is 20.5. The van der Waals surface area contributed by atoms with Gasteiger partial charge >= 0.3 is 5.76 Å². The Hall–Kier alpha value is -2.87. The number of rotatable bonds is 5. The molecule has 0 unspecified atom stereocenters. The third kappa shape index (κ3) is 3.92. The van der Waals surface area contributed by atoms with E-state index < -0.39 is 5.76 Å². The smallest absolute Gasteiger partial charge is 0.408 e. The fourth-order valence-corrected chi connectivity index (χ4v) is 4.88. The van der Waals surface area contributed by atoms with Crippen LogP contribution in [0.4, 0.5) is 17.5 Å². The number of benzene rings is 1. The van der Waals surface area contributed by atoms with Gasteiger partial charge in [-0.1, -0.05) is 6.42 Å². The van der Waals surface area contributed by atoms with Crippen LogP contribution in [0.25, 0.3) is 11.1 Å². The summed E-state index contributed by atoms with van der Waals surface area (Å²) in [5.74, 6) is 1.61. The number of hydrogen-bond acceptors (Lipinski definition) is 7. The maximum atomic E-state index is 11.4. The zero-order valence-electron chi connectivity index (χ0n) is 17.3. The average molecular weight is 409 g/mol. The van der Waals surface area contributed by atoms with Crippen molar-refractivity contribution in [2.45, 2.75) is 45.1 Å². The highest BCUT2D eigenvalue weighted by Gasteiger charge is 2.32. The van der Waals surface area contributed by atoms with Gasteiger partial charge in [-0.25, -0.2) is 9.78 Å². The summed E-state index contributed by atoms with van der Waals surface area (Å²) in [5.41, 5.74) is 3.00. The molecule has 0 saturated carbocycles. The summed E-state index contributed by atoms with van der Waals surface area (Å²) < 4.78 is 5.05. The molecule has 2 saturated heterocycles. The van der Waals surface area contributed by atoms with Crippen molar-refractivity contribution in [2.75, 3.05) is 30.3 Å². The summed E-state index contributed by atoms with van der Waals surface area (Å²) in [7, 11) is 0. The van der Waals surface area contributed by atoms with E-state index in [9.17, 15) is 4.79 Å². The van der Waals surface area contributed by atoms with Gasteiger partial charge in [0.25, 0.3) is 0 Å². The van der Waals surface area contributed by atoms with Crippen molar-refractivity contribution < 1.29 is 4.42 Å². The quantitative estimate of drug-likeness (QED) is 0.593. The molecule has 1 aromatic carbocycles. The number of piperidine rings is 2. The normalized spacial score (nSPS) is 22.0. The molecule has 0 amide bonds. The molecule has 4 heterocycles. The van der Waals surface area contributed by atoms with Crippen molar-refractivity contribution in [2.24, 2.45) is 5.92 Å². The molecule has 3 aromatic rings. The monoisotopic (exact) mass is 408 g/mol. The predicted octanol–water partition coefficient (Wildman–Crippen LogP) is 3.64. The molecule has 30 heavy (non-hydrogen) atoms. The van der Waals surface area contributed by atoms with E-state index in [0.717, 1.165) is 23.6 Å². The van der Waals surface area contributed by atoms with Crippen LogP contribution in [0.1, 0.15) is 37.7 Å². The summed E-state index contributed by atoms with van der Waals surface area (Å²) >= 11 is 0. The maximum absolute atomic E-state index is 11.4. The fourth-order valence-electron chi connectivity index (χ4n) is 4.88. The number of nitrogens with one attached hydrogen (secondary N) is 3. The lowest BCUT2D eigenvalue weighted by Gasteiger charge is -2.44. The SMILES string of the molecule is Cc1cnc(Nc2ccc3oc(=O)[nH]c3c2)nc1NC[C@@H]1CCCN2CCCC[C@H]12. The number of anilines is 3. The number of aromatic amines is 1. The molecular weight excluding hydrogens is 380 g/mol. The number of fused-ring (bicyclic) bond motifs is 2. The Bertz CT molecular complexity index is 1090. The van der Waals surface area contributed by atoms with Crippen LogP contribution in [0.15, 0.2) is 33.6 Å². The first-order valence-electron chi connectivity index (χ1n) is 10.9. The molecule has 2 aliphatic heterocycles. The second-order valence-corrected chi connectivity index (χ2v) is 8.46. The molecule has 8 heteroatoms. The van der Waals surface area contributed by atoms with Gasteiger partial charge in [-0.05, 0) is 69.8 Å². The van der Waals surface area contributed by atoms with Crippen LogP contribution in [0.5, 0.6) is 0 Å². The molecular formula is C22H28N6O2. The first-order valence-corrected chi connectivity index (χ1v) is 10.9. The minimum atomic E-state index is -0.459. The minimum absolute atomic E-state index is 0.459. The Morgan fingerprint density at radius 1 is 1.23 bits per heavy atom. The van der Waals surface area contributed by atoms with Crippen LogP contribution in [-0.2, 0) is 0 Å². The van der Waals surface area contributed by atoms with E-state index in [1.54, 1.807) is 6.07 Å². The van der Waals surface area contributed by atoms with Gasteiger partial charge in [0.15, 0.2) is 5.58 Å². The zero-order valence-corrected chi connectivity index (χ0v) is 17.3. The van der Waals surface area contributed by atoms with Crippen molar-refractivity contribution in [1.82, 2.24) is 19.9 Å². The average Bonchev–Trinajstić information content (AvgIpc) is 3.13. The van der Waals surface area contributed by atoms with Crippen LogP contribution >= 0.6 is 0 Å². The van der Waals surface area contributed by atoms with Gasteiger partial charge in [0.05, 0.1) is 5.52 Å². The van der Waals surface area contributed by atoms with Gasteiger partial charge in [-0.2, -0.15) is 4.98 Å². The van der Waals surface area contributed by atoms with Gasteiger partial charge in [0.1, 0.15) is 5.82 Å². The summed E-state index contributed by atoms with van der Waals surface area (Å²) in [6.45, 7) is 5.49. The second kappa shape index (κ2) is 8.10. The highest BCUT2D eigenvalue weighted by molar-refractivity contribution is 5.77. The third-order valence-corrected chi connectivity index (χ3v) is 6.41. The van der Waals surface area contributed by atoms with Crippen molar-refractivity contribution in [1.29, 1.82) is 0 Å². The lowest BCUT2D eigenvalue weighted by molar-refractivity contribution is 0.0649. The molecule has 0 aliphatic carbocycles.